The van der Waals surface area contributed by atoms with Crippen LogP contribution in [-0.4, -0.2) is 23.1 Å². The lowest BCUT2D eigenvalue weighted by atomic mass is 10.00. The van der Waals surface area contributed by atoms with E-state index < -0.39 is 5.91 Å². The highest BCUT2D eigenvalue weighted by Crippen LogP contribution is 2.44. The first-order valence-corrected chi connectivity index (χ1v) is 13.1. The van der Waals surface area contributed by atoms with Crippen molar-refractivity contribution in [3.05, 3.63) is 115 Å². The summed E-state index contributed by atoms with van der Waals surface area (Å²) in [7, 11) is 1.58. The third-order valence-corrected chi connectivity index (χ3v) is 7.35. The van der Waals surface area contributed by atoms with Crippen molar-refractivity contribution < 1.29 is 14.6 Å². The first-order valence-electron chi connectivity index (χ1n) is 13.1. The predicted octanol–water partition coefficient (Wildman–Crippen LogP) is 9.01. The van der Waals surface area contributed by atoms with Gasteiger partial charge >= 0.3 is 0 Å². The number of H-pyrrole nitrogens is 1. The average Bonchev–Trinajstić information content (AvgIpc) is 3.39. The molecule has 1 amide bonds. The van der Waals surface area contributed by atoms with Crippen molar-refractivity contribution in [2.24, 2.45) is 10.2 Å². The third-order valence-electron chi connectivity index (χ3n) is 7.35. The van der Waals surface area contributed by atoms with E-state index in [1.165, 1.54) is 0 Å². The van der Waals surface area contributed by atoms with Crippen LogP contribution in [0.5, 0.6) is 11.5 Å². The minimum absolute atomic E-state index is 0.0932. The summed E-state index contributed by atoms with van der Waals surface area (Å²) < 4.78 is 5.21. The molecule has 0 fully saturated rings. The Bertz CT molecular complexity index is 2140. The molecule has 0 saturated heterocycles. The fraction of sp³-hybridized carbons (Fsp3) is 0.0294. The number of phenols is 1. The smallest absolute Gasteiger partial charge is 0.259 e. The largest absolute Gasteiger partial charge is 0.505 e. The maximum Gasteiger partial charge on any atom is 0.259 e. The van der Waals surface area contributed by atoms with Gasteiger partial charge in [0, 0.05) is 32.7 Å². The Kier molecular flexibility index (Phi) is 5.83. The van der Waals surface area contributed by atoms with Crippen LogP contribution in [0.4, 0.5) is 17.1 Å². The van der Waals surface area contributed by atoms with E-state index in [9.17, 15) is 9.90 Å². The summed E-state index contributed by atoms with van der Waals surface area (Å²) in [5, 5.41) is 29.1. The first kappa shape index (κ1) is 24.4. The number of para-hydroxylation sites is 1. The molecule has 0 aliphatic heterocycles. The normalized spacial score (nSPS) is 11.6. The van der Waals surface area contributed by atoms with Gasteiger partial charge in [-0.1, -0.05) is 66.7 Å². The van der Waals surface area contributed by atoms with E-state index in [-0.39, 0.29) is 17.0 Å². The van der Waals surface area contributed by atoms with Gasteiger partial charge < -0.3 is 20.1 Å². The Morgan fingerprint density at radius 3 is 2.37 bits per heavy atom. The molecule has 7 nitrogen and oxygen atoms in total. The van der Waals surface area contributed by atoms with E-state index in [0.29, 0.717) is 22.5 Å². The number of aromatic nitrogens is 1. The van der Waals surface area contributed by atoms with Gasteiger partial charge in [-0.3, -0.25) is 4.79 Å². The van der Waals surface area contributed by atoms with Gasteiger partial charge in [-0.05, 0) is 53.2 Å². The minimum atomic E-state index is -0.465. The van der Waals surface area contributed by atoms with Crippen LogP contribution >= 0.6 is 0 Å². The Morgan fingerprint density at radius 1 is 0.780 bits per heavy atom. The summed E-state index contributed by atoms with van der Waals surface area (Å²) in [6.45, 7) is 0. The van der Waals surface area contributed by atoms with Crippen molar-refractivity contribution in [1.82, 2.24) is 4.98 Å². The summed E-state index contributed by atoms with van der Waals surface area (Å²) in [5.41, 5.74) is 3.32. The van der Waals surface area contributed by atoms with E-state index in [4.69, 9.17) is 4.74 Å². The number of fused-ring (bicyclic) bond motifs is 6. The topological polar surface area (TPSA) is 99.1 Å². The highest BCUT2D eigenvalue weighted by Gasteiger charge is 2.21. The average molecular weight is 537 g/mol. The number of nitrogens with one attached hydrogen (secondary N) is 2. The molecule has 0 saturated carbocycles. The van der Waals surface area contributed by atoms with E-state index in [2.05, 4.69) is 20.5 Å². The lowest BCUT2D eigenvalue weighted by Crippen LogP contribution is -2.12. The number of benzene rings is 6. The summed E-state index contributed by atoms with van der Waals surface area (Å²) in [6.07, 6.45) is 0. The van der Waals surface area contributed by atoms with Crippen LogP contribution < -0.4 is 10.1 Å². The highest BCUT2D eigenvalue weighted by atomic mass is 16.5. The molecule has 1 heterocycles. The standard InChI is InChI=1S/C34H24N4O3/c1-41-23-16-14-22(15-17-23)35-34(40)27-19-21-13-18-26-25-10-4-5-11-28(25)36-31(26)30(21)32(33(27)39)38-37-29-12-6-8-20-7-2-3-9-24(20)29/h2-19,36,39H,1H3,(H,35,40). The van der Waals surface area contributed by atoms with Gasteiger partial charge in [0.15, 0.2) is 5.75 Å². The molecular weight excluding hydrogens is 512 g/mol. The molecule has 0 atom stereocenters. The van der Waals surface area contributed by atoms with Gasteiger partial charge in [0.2, 0.25) is 0 Å². The molecule has 0 aliphatic carbocycles. The third kappa shape index (κ3) is 4.20. The molecule has 7 aromatic rings. The van der Waals surface area contributed by atoms with Gasteiger partial charge in [0.05, 0.1) is 23.9 Å². The molecule has 198 valence electrons. The maximum absolute atomic E-state index is 13.5. The summed E-state index contributed by atoms with van der Waals surface area (Å²) in [6, 6.07) is 34.4. The molecule has 1 aromatic heterocycles. The lowest BCUT2D eigenvalue weighted by molar-refractivity contribution is 0.102. The quantitative estimate of drug-likeness (QED) is 0.191. The zero-order valence-electron chi connectivity index (χ0n) is 22.1. The molecule has 7 heteroatoms. The number of aromatic hydroxyl groups is 1. The number of carbonyl (C=O) groups excluding carboxylic acids is 1. The van der Waals surface area contributed by atoms with Crippen LogP contribution in [0.15, 0.2) is 119 Å². The molecule has 0 aliphatic rings. The van der Waals surface area contributed by atoms with Crippen LogP contribution in [0.2, 0.25) is 0 Å². The van der Waals surface area contributed by atoms with E-state index in [0.717, 1.165) is 38.0 Å². The van der Waals surface area contributed by atoms with Crippen LogP contribution in [0.25, 0.3) is 43.4 Å². The number of carbonyl (C=O) groups is 1. The number of anilines is 1. The number of rotatable bonds is 5. The van der Waals surface area contributed by atoms with Gasteiger partial charge in [0.1, 0.15) is 11.4 Å². The Morgan fingerprint density at radius 2 is 1.54 bits per heavy atom. The van der Waals surface area contributed by atoms with Crippen molar-refractivity contribution >= 4 is 66.3 Å². The monoisotopic (exact) mass is 536 g/mol. The van der Waals surface area contributed by atoms with E-state index in [1.54, 1.807) is 37.4 Å². The number of aromatic amines is 1. The van der Waals surface area contributed by atoms with Gasteiger partial charge in [-0.2, -0.15) is 0 Å². The van der Waals surface area contributed by atoms with Crippen molar-refractivity contribution in [2.75, 3.05) is 12.4 Å². The second-order valence-electron chi connectivity index (χ2n) is 9.76. The summed E-state index contributed by atoms with van der Waals surface area (Å²) >= 11 is 0. The molecule has 0 spiro atoms. The molecule has 0 unspecified atom stereocenters. The lowest BCUT2D eigenvalue weighted by Gasteiger charge is -2.12. The fourth-order valence-electron chi connectivity index (χ4n) is 5.32. The first-order chi connectivity index (χ1) is 20.1. The van der Waals surface area contributed by atoms with Crippen LogP contribution in [-0.2, 0) is 0 Å². The van der Waals surface area contributed by atoms with Crippen molar-refractivity contribution in [3.63, 3.8) is 0 Å². The highest BCUT2D eigenvalue weighted by molar-refractivity contribution is 6.22. The van der Waals surface area contributed by atoms with Crippen molar-refractivity contribution in [1.29, 1.82) is 0 Å². The predicted molar refractivity (Wildman–Crippen MR) is 164 cm³/mol. The number of ether oxygens (including phenoxy) is 1. The van der Waals surface area contributed by atoms with E-state index in [1.807, 2.05) is 78.9 Å². The zero-order valence-corrected chi connectivity index (χ0v) is 22.1. The number of nitrogens with zero attached hydrogens (tertiary/aromatic N) is 2. The second-order valence-corrected chi connectivity index (χ2v) is 9.76. The number of azo groups is 1. The SMILES string of the molecule is COc1ccc(NC(=O)c2cc3ccc4c5ccccc5[nH]c4c3c(N=Nc3cccc4ccccc34)c2O)cc1. The zero-order chi connectivity index (χ0) is 27.9. The van der Waals surface area contributed by atoms with Crippen molar-refractivity contribution in [2.45, 2.75) is 0 Å². The molecule has 6 aromatic carbocycles. The molecule has 0 radical (unpaired) electrons. The van der Waals surface area contributed by atoms with Crippen LogP contribution in [0.1, 0.15) is 10.4 Å². The number of amides is 1. The Labute approximate surface area is 234 Å². The van der Waals surface area contributed by atoms with Crippen LogP contribution in [0, 0.1) is 0 Å². The maximum atomic E-state index is 13.5. The summed E-state index contributed by atoms with van der Waals surface area (Å²) in [4.78, 5) is 16.9. The number of phenolic OH excluding ortho intramolecular Hbond substituents is 1. The molecular formula is C34H24N4O3. The fourth-order valence-corrected chi connectivity index (χ4v) is 5.32. The Hall–Kier alpha value is -5.69. The minimum Gasteiger partial charge on any atom is -0.505 e. The van der Waals surface area contributed by atoms with Gasteiger partial charge in [0.25, 0.3) is 5.91 Å². The molecule has 0 bridgehead atoms. The summed E-state index contributed by atoms with van der Waals surface area (Å²) in [5.74, 6) is -0.0402. The molecule has 41 heavy (non-hydrogen) atoms. The Balaban J connectivity index is 1.43. The molecule has 7 rings (SSSR count). The number of methoxy groups -OCH3 is 1. The second kappa shape index (κ2) is 9.81. The van der Waals surface area contributed by atoms with Crippen LogP contribution in [0.3, 0.4) is 0 Å². The van der Waals surface area contributed by atoms with Crippen molar-refractivity contribution in [3.8, 4) is 11.5 Å². The number of hydrogen-bond acceptors (Lipinski definition) is 5. The number of hydrogen-bond donors (Lipinski definition) is 3. The van der Waals surface area contributed by atoms with Gasteiger partial charge in [-0.15, -0.1) is 10.2 Å². The molecule has 3 N–H and O–H groups in total. The van der Waals surface area contributed by atoms with Gasteiger partial charge in [-0.25, -0.2) is 0 Å². The van der Waals surface area contributed by atoms with E-state index >= 15 is 0 Å².